The van der Waals surface area contributed by atoms with Crippen molar-refractivity contribution in [2.75, 3.05) is 26.7 Å². The Bertz CT molecular complexity index is 832. The van der Waals surface area contributed by atoms with Gasteiger partial charge in [0.2, 0.25) is 0 Å². The summed E-state index contributed by atoms with van der Waals surface area (Å²) < 4.78 is 4.61. The smallest absolute Gasteiger partial charge is 0.325 e. The van der Waals surface area contributed by atoms with Gasteiger partial charge in [-0.3, -0.25) is 14.7 Å². The molecular weight excluding hydrogens is 368 g/mol. The van der Waals surface area contributed by atoms with Crippen LogP contribution in [0.4, 0.5) is 4.79 Å². The van der Waals surface area contributed by atoms with Crippen LogP contribution in [0.1, 0.15) is 30.5 Å². The Morgan fingerprint density at radius 2 is 1.83 bits per heavy atom. The number of amides is 2. The highest BCUT2D eigenvalue weighted by molar-refractivity contribution is 5.79. The number of esters is 1. The van der Waals surface area contributed by atoms with E-state index in [9.17, 15) is 9.59 Å². The summed E-state index contributed by atoms with van der Waals surface area (Å²) in [5.41, 5.74) is 9.25. The van der Waals surface area contributed by atoms with Gasteiger partial charge in [-0.25, -0.2) is 4.79 Å². The van der Waals surface area contributed by atoms with Crippen LogP contribution in [-0.2, 0) is 22.6 Å². The number of ether oxygens (including phenoxy) is 1. The largest absolute Gasteiger partial charge is 0.468 e. The van der Waals surface area contributed by atoms with E-state index in [0.717, 1.165) is 42.1 Å². The maximum absolute atomic E-state index is 11.6. The fourth-order valence-corrected chi connectivity index (χ4v) is 3.51. The number of likely N-dealkylation sites (tertiary alicyclic amines) is 1. The monoisotopic (exact) mass is 396 g/mol. The molecule has 1 aromatic heterocycles. The van der Waals surface area contributed by atoms with E-state index in [-0.39, 0.29) is 13.1 Å². The zero-order valence-corrected chi connectivity index (χ0v) is 16.8. The van der Waals surface area contributed by atoms with Crippen molar-refractivity contribution in [3.63, 3.8) is 0 Å². The van der Waals surface area contributed by atoms with Gasteiger partial charge in [0, 0.05) is 18.7 Å². The van der Waals surface area contributed by atoms with Crippen LogP contribution in [0.15, 0.2) is 42.5 Å². The minimum absolute atomic E-state index is 0.173. The van der Waals surface area contributed by atoms with Crippen LogP contribution in [-0.4, -0.2) is 53.5 Å². The molecule has 1 fully saturated rings. The Kier molecular flexibility index (Phi) is 7.19. The predicted molar refractivity (Wildman–Crippen MR) is 111 cm³/mol. The summed E-state index contributed by atoms with van der Waals surface area (Å²) in [7, 11) is 1.28. The van der Waals surface area contributed by atoms with Crippen molar-refractivity contribution < 1.29 is 14.3 Å². The normalized spacial score (nSPS) is 14.4. The molecule has 0 bridgehead atoms. The molecule has 0 atom stereocenters. The third-order valence-corrected chi connectivity index (χ3v) is 5.12. The molecule has 0 aliphatic carbocycles. The number of methoxy groups -OCH3 is 1. The first kappa shape index (κ1) is 20.8. The number of carbonyl (C=O) groups excluding carboxylic acids is 2. The summed E-state index contributed by atoms with van der Waals surface area (Å²) in [5, 5.41) is 0. The van der Waals surface area contributed by atoms with Gasteiger partial charge in [-0.1, -0.05) is 36.8 Å². The van der Waals surface area contributed by atoms with E-state index in [0.29, 0.717) is 0 Å². The van der Waals surface area contributed by atoms with Crippen molar-refractivity contribution in [1.29, 1.82) is 0 Å². The molecule has 7 nitrogen and oxygen atoms in total. The molecule has 0 spiro atoms. The lowest BCUT2D eigenvalue weighted by Crippen LogP contribution is -2.39. The number of benzene rings is 1. The maximum atomic E-state index is 11.6. The second kappa shape index (κ2) is 10.0. The van der Waals surface area contributed by atoms with E-state index in [4.69, 9.17) is 10.7 Å². The van der Waals surface area contributed by atoms with Gasteiger partial charge in [0.15, 0.2) is 0 Å². The molecular formula is C22H28N4O3. The molecule has 1 saturated heterocycles. The number of pyridine rings is 1. The van der Waals surface area contributed by atoms with Gasteiger partial charge in [0.05, 0.1) is 18.5 Å². The van der Waals surface area contributed by atoms with Gasteiger partial charge < -0.3 is 15.4 Å². The van der Waals surface area contributed by atoms with E-state index < -0.39 is 12.0 Å². The van der Waals surface area contributed by atoms with E-state index in [1.54, 1.807) is 0 Å². The Balaban J connectivity index is 1.67. The molecule has 2 aromatic rings. The lowest BCUT2D eigenvalue weighted by molar-refractivity contribution is -0.141. The quantitative estimate of drug-likeness (QED) is 0.727. The highest BCUT2D eigenvalue weighted by Crippen LogP contribution is 2.20. The first-order valence-electron chi connectivity index (χ1n) is 9.94. The molecule has 2 N–H and O–H groups in total. The number of urea groups is 1. The average molecular weight is 396 g/mol. The average Bonchev–Trinajstić information content (AvgIpc) is 2.74. The minimum Gasteiger partial charge on any atom is -0.468 e. The van der Waals surface area contributed by atoms with Crippen molar-refractivity contribution in [2.45, 2.75) is 32.4 Å². The van der Waals surface area contributed by atoms with Crippen molar-refractivity contribution in [2.24, 2.45) is 5.73 Å². The second-order valence-electron chi connectivity index (χ2n) is 7.32. The highest BCUT2D eigenvalue weighted by atomic mass is 16.5. The molecule has 3 rings (SSSR count). The van der Waals surface area contributed by atoms with Crippen LogP contribution in [0.3, 0.4) is 0 Å². The molecule has 7 heteroatoms. The lowest BCUT2D eigenvalue weighted by Gasteiger charge is -2.26. The number of rotatable bonds is 7. The van der Waals surface area contributed by atoms with E-state index in [1.807, 2.05) is 36.4 Å². The van der Waals surface area contributed by atoms with Gasteiger partial charge in [-0.05, 0) is 43.6 Å². The first-order chi connectivity index (χ1) is 14.0. The van der Waals surface area contributed by atoms with Gasteiger partial charge in [-0.15, -0.1) is 0 Å². The summed E-state index contributed by atoms with van der Waals surface area (Å²) in [6.45, 7) is 3.24. The molecule has 1 aliphatic heterocycles. The number of hydrogen-bond acceptors (Lipinski definition) is 5. The Labute approximate surface area is 171 Å². The number of hydrogen-bond donors (Lipinski definition) is 1. The van der Waals surface area contributed by atoms with Gasteiger partial charge in [0.25, 0.3) is 0 Å². The van der Waals surface area contributed by atoms with Gasteiger partial charge in [0.1, 0.15) is 6.54 Å². The number of carbonyl (C=O) groups is 2. The van der Waals surface area contributed by atoms with Crippen LogP contribution >= 0.6 is 0 Å². The van der Waals surface area contributed by atoms with Crippen LogP contribution < -0.4 is 5.73 Å². The van der Waals surface area contributed by atoms with Crippen molar-refractivity contribution in [1.82, 2.24) is 14.8 Å². The number of piperidine rings is 1. The zero-order valence-electron chi connectivity index (χ0n) is 16.8. The Morgan fingerprint density at radius 3 is 2.48 bits per heavy atom. The van der Waals surface area contributed by atoms with Crippen LogP contribution in [0.5, 0.6) is 0 Å². The molecule has 2 amide bonds. The van der Waals surface area contributed by atoms with Gasteiger partial charge >= 0.3 is 12.0 Å². The van der Waals surface area contributed by atoms with Crippen LogP contribution in [0.2, 0.25) is 0 Å². The fourth-order valence-electron chi connectivity index (χ4n) is 3.51. The summed E-state index contributed by atoms with van der Waals surface area (Å²) >= 11 is 0. The second-order valence-corrected chi connectivity index (χ2v) is 7.32. The number of aromatic nitrogens is 1. The molecule has 1 aromatic carbocycles. The number of nitrogens with zero attached hydrogens (tertiary/aromatic N) is 3. The SMILES string of the molecule is COC(=O)CN(Cc1ccc(-c2cccc(CN3CCCCC3)n2)cc1)C(N)=O. The van der Waals surface area contributed by atoms with Crippen molar-refractivity contribution in [3.05, 3.63) is 53.7 Å². The Hall–Kier alpha value is -2.93. The summed E-state index contributed by atoms with van der Waals surface area (Å²) in [4.78, 5) is 31.5. The van der Waals surface area contributed by atoms with Crippen LogP contribution in [0.25, 0.3) is 11.3 Å². The summed E-state index contributed by atoms with van der Waals surface area (Å²) in [6.07, 6.45) is 3.85. The third-order valence-electron chi connectivity index (χ3n) is 5.12. The van der Waals surface area contributed by atoms with Crippen LogP contribution in [0, 0.1) is 0 Å². The number of nitrogens with two attached hydrogens (primary N) is 1. The van der Waals surface area contributed by atoms with Crippen molar-refractivity contribution >= 4 is 12.0 Å². The topological polar surface area (TPSA) is 88.8 Å². The minimum atomic E-state index is -0.661. The predicted octanol–water partition coefficient (Wildman–Crippen LogP) is 2.79. The Morgan fingerprint density at radius 1 is 1.10 bits per heavy atom. The molecule has 154 valence electrons. The van der Waals surface area contributed by atoms with Crippen molar-refractivity contribution in [3.8, 4) is 11.3 Å². The summed E-state index contributed by atoms with van der Waals surface area (Å²) in [6, 6.07) is 13.2. The van der Waals surface area contributed by atoms with Gasteiger partial charge in [-0.2, -0.15) is 0 Å². The molecule has 1 aliphatic rings. The molecule has 0 saturated carbocycles. The highest BCUT2D eigenvalue weighted by Gasteiger charge is 2.15. The molecule has 29 heavy (non-hydrogen) atoms. The number of primary amides is 1. The fraction of sp³-hybridized carbons (Fsp3) is 0.409. The summed E-state index contributed by atoms with van der Waals surface area (Å²) in [5.74, 6) is -0.504. The molecule has 2 heterocycles. The molecule has 0 unspecified atom stereocenters. The zero-order chi connectivity index (χ0) is 20.6. The molecule has 0 radical (unpaired) electrons. The first-order valence-corrected chi connectivity index (χ1v) is 9.94. The van der Waals surface area contributed by atoms with E-state index in [2.05, 4.69) is 15.7 Å². The van der Waals surface area contributed by atoms with E-state index in [1.165, 1.54) is 31.3 Å². The standard InChI is InChI=1S/C22H28N4O3/c1-29-21(27)16-26(22(23)28)14-17-8-10-18(11-9-17)20-7-5-6-19(24-20)15-25-12-3-2-4-13-25/h5-11H,2-4,12-16H2,1H3,(H2,23,28). The van der Waals surface area contributed by atoms with E-state index >= 15 is 0 Å². The third kappa shape index (κ3) is 6.02. The lowest BCUT2D eigenvalue weighted by atomic mass is 10.1. The maximum Gasteiger partial charge on any atom is 0.325 e.